The quantitative estimate of drug-likeness (QED) is 0.160. The zero-order valence-electron chi connectivity index (χ0n) is 26.0. The number of hydrogen-bond donors (Lipinski definition) is 5. The highest BCUT2D eigenvalue weighted by Crippen LogP contribution is 2.18. The van der Waals surface area contributed by atoms with Crippen LogP contribution < -0.4 is 21.3 Å². The number of halogens is 3. The number of hydrogen-bond acceptors (Lipinski definition) is 6. The molecule has 44 heavy (non-hydrogen) atoms. The minimum absolute atomic E-state index is 0.00864. The van der Waals surface area contributed by atoms with Crippen LogP contribution in [0, 0.1) is 17.8 Å². The largest absolute Gasteiger partial charge is 0.478 e. The third-order valence-electron chi connectivity index (χ3n) is 6.46. The fourth-order valence-electron chi connectivity index (χ4n) is 4.05. The lowest BCUT2D eigenvalue weighted by molar-refractivity contribution is -0.133. The molecule has 0 heterocycles. The van der Waals surface area contributed by atoms with Crippen molar-refractivity contribution in [2.24, 2.45) is 17.8 Å². The summed E-state index contributed by atoms with van der Waals surface area (Å²) in [6.45, 7) is 11.2. The van der Waals surface area contributed by atoms with Gasteiger partial charge in [-0.25, -0.2) is 18.4 Å². The molecule has 11 nitrogen and oxygen atoms in total. The maximum Gasteiger partial charge on any atom is 0.407 e. The summed E-state index contributed by atoms with van der Waals surface area (Å²) in [6.07, 6.45) is -4.33. The van der Waals surface area contributed by atoms with Gasteiger partial charge >= 0.3 is 12.1 Å². The van der Waals surface area contributed by atoms with Gasteiger partial charge in [0.25, 0.3) is 0 Å². The van der Waals surface area contributed by atoms with Gasteiger partial charge in [-0.2, -0.15) is 0 Å². The van der Waals surface area contributed by atoms with Crippen molar-refractivity contribution in [3.63, 3.8) is 0 Å². The van der Waals surface area contributed by atoms with Crippen molar-refractivity contribution in [1.82, 2.24) is 21.3 Å². The Morgan fingerprint density at radius 2 is 1.52 bits per heavy atom. The zero-order chi connectivity index (χ0) is 33.6. The summed E-state index contributed by atoms with van der Waals surface area (Å²) in [5, 5.41) is 19.4. The summed E-state index contributed by atoms with van der Waals surface area (Å²) in [7, 11) is 0. The predicted molar refractivity (Wildman–Crippen MR) is 162 cm³/mol. The molecule has 248 valence electrons. The number of carbonyl (C=O) groups is 5. The second-order valence-corrected chi connectivity index (χ2v) is 12.2. The second kappa shape index (κ2) is 19.0. The molecule has 0 bridgehead atoms. The number of carbonyl (C=O) groups excluding carboxylic acids is 4. The van der Waals surface area contributed by atoms with E-state index < -0.39 is 60.8 Å². The Balaban J connectivity index is 2.89. The fraction of sp³-hybridized carbons (Fsp3) is 0.633. The minimum atomic E-state index is -2.91. The standard InChI is InChI=1S/C30H45ClF2N4O7/c1-16(2)11-23(35-26(38)14-22(18(5)6)37-30(43)44-15-17(3)4)28(40)36-24(13-25(32)33)27(39)34-10-9-19-7-8-20(29(41)42)12-21(19)31/h7-8,12,16-18,22-25H,9-11,13-15H2,1-6H3,(H,34,39)(H,35,38)(H,36,40)(H,37,43)(H,41,42). The number of carboxylic acid groups (broad SMARTS) is 1. The van der Waals surface area contributed by atoms with Gasteiger partial charge in [-0.1, -0.05) is 59.2 Å². The monoisotopic (exact) mass is 646 g/mol. The number of aromatic carboxylic acids is 1. The molecule has 14 heteroatoms. The van der Waals surface area contributed by atoms with E-state index >= 15 is 0 Å². The van der Waals surface area contributed by atoms with Gasteiger partial charge in [0.1, 0.15) is 12.1 Å². The lowest BCUT2D eigenvalue weighted by Crippen LogP contribution is -2.55. The molecule has 0 aliphatic carbocycles. The van der Waals surface area contributed by atoms with E-state index in [2.05, 4.69) is 21.3 Å². The summed E-state index contributed by atoms with van der Waals surface area (Å²) in [5.74, 6) is -3.44. The Morgan fingerprint density at radius 1 is 0.886 bits per heavy atom. The number of benzene rings is 1. The number of ether oxygens (including phenoxy) is 1. The van der Waals surface area contributed by atoms with Crippen molar-refractivity contribution in [2.45, 2.75) is 91.8 Å². The average Bonchev–Trinajstić information content (AvgIpc) is 2.90. The highest BCUT2D eigenvalue weighted by Gasteiger charge is 2.30. The first kappa shape index (κ1) is 38.5. The topological polar surface area (TPSA) is 163 Å². The molecule has 0 spiro atoms. The van der Waals surface area contributed by atoms with Crippen LogP contribution in [0.3, 0.4) is 0 Å². The van der Waals surface area contributed by atoms with Crippen molar-refractivity contribution >= 4 is 41.4 Å². The van der Waals surface area contributed by atoms with Gasteiger partial charge in [0.15, 0.2) is 0 Å². The van der Waals surface area contributed by atoms with Crippen LogP contribution in [0.2, 0.25) is 5.02 Å². The molecule has 0 aromatic heterocycles. The Labute approximate surface area is 262 Å². The van der Waals surface area contributed by atoms with Gasteiger partial charge in [0.05, 0.1) is 12.2 Å². The van der Waals surface area contributed by atoms with Gasteiger partial charge in [0.2, 0.25) is 24.1 Å². The molecular weight excluding hydrogens is 602 g/mol. The lowest BCUT2D eigenvalue weighted by atomic mass is 9.99. The van der Waals surface area contributed by atoms with Gasteiger partial charge in [0, 0.05) is 30.5 Å². The van der Waals surface area contributed by atoms with E-state index in [1.54, 1.807) is 0 Å². The van der Waals surface area contributed by atoms with Gasteiger partial charge in [-0.05, 0) is 48.3 Å². The highest BCUT2D eigenvalue weighted by molar-refractivity contribution is 6.31. The molecule has 0 radical (unpaired) electrons. The van der Waals surface area contributed by atoms with Crippen LogP contribution >= 0.6 is 11.6 Å². The average molecular weight is 647 g/mol. The number of alkyl carbamates (subject to hydrolysis) is 1. The van der Waals surface area contributed by atoms with Gasteiger partial charge in [-0.3, -0.25) is 14.4 Å². The first-order valence-electron chi connectivity index (χ1n) is 14.6. The molecule has 1 aromatic rings. The van der Waals surface area contributed by atoms with E-state index in [1.807, 2.05) is 41.5 Å². The number of carboxylic acids is 1. The maximum absolute atomic E-state index is 13.4. The third-order valence-corrected chi connectivity index (χ3v) is 6.81. The summed E-state index contributed by atoms with van der Waals surface area (Å²) in [5.41, 5.74) is 0.527. The normalized spacial score (nSPS) is 13.4. The molecule has 1 aromatic carbocycles. The molecule has 1 rings (SSSR count). The molecule has 3 atom stereocenters. The number of alkyl halides is 2. The molecular formula is C30H45ClF2N4O7. The van der Waals surface area contributed by atoms with Crippen LogP contribution in [0.4, 0.5) is 13.6 Å². The number of rotatable bonds is 18. The van der Waals surface area contributed by atoms with E-state index in [1.165, 1.54) is 18.2 Å². The molecule has 0 aliphatic heterocycles. The second-order valence-electron chi connectivity index (χ2n) is 11.8. The van der Waals surface area contributed by atoms with E-state index in [-0.39, 0.29) is 60.8 Å². The zero-order valence-corrected chi connectivity index (χ0v) is 26.8. The lowest BCUT2D eigenvalue weighted by Gasteiger charge is -2.26. The van der Waals surface area contributed by atoms with Crippen molar-refractivity contribution in [2.75, 3.05) is 13.2 Å². The van der Waals surface area contributed by atoms with Gasteiger partial charge in [-0.15, -0.1) is 0 Å². The molecule has 0 fully saturated rings. The summed E-state index contributed by atoms with van der Waals surface area (Å²) in [4.78, 5) is 62.2. The molecule has 0 aliphatic rings. The maximum atomic E-state index is 13.4. The van der Waals surface area contributed by atoms with Crippen LogP contribution in [0.25, 0.3) is 0 Å². The van der Waals surface area contributed by atoms with Crippen LogP contribution in [0.5, 0.6) is 0 Å². The smallest absolute Gasteiger partial charge is 0.407 e. The van der Waals surface area contributed by atoms with Crippen LogP contribution in [0.1, 0.15) is 76.7 Å². The van der Waals surface area contributed by atoms with Gasteiger partial charge < -0.3 is 31.1 Å². The molecule has 4 amide bonds. The van der Waals surface area contributed by atoms with Crippen molar-refractivity contribution in [3.05, 3.63) is 34.3 Å². The van der Waals surface area contributed by atoms with E-state index in [0.29, 0.717) is 5.56 Å². The highest BCUT2D eigenvalue weighted by atomic mass is 35.5. The Kier molecular flexibility index (Phi) is 16.7. The predicted octanol–water partition coefficient (Wildman–Crippen LogP) is 4.16. The molecule has 0 saturated heterocycles. The fourth-order valence-corrected chi connectivity index (χ4v) is 4.33. The Morgan fingerprint density at radius 3 is 2.05 bits per heavy atom. The molecule has 5 N–H and O–H groups in total. The van der Waals surface area contributed by atoms with Crippen molar-refractivity contribution in [1.29, 1.82) is 0 Å². The van der Waals surface area contributed by atoms with Crippen molar-refractivity contribution in [3.8, 4) is 0 Å². The van der Waals surface area contributed by atoms with Crippen LogP contribution in [0.15, 0.2) is 18.2 Å². The SMILES string of the molecule is CC(C)COC(=O)NC(CC(=O)NC(CC(C)C)C(=O)NC(CC(F)F)C(=O)NCCc1ccc(C(=O)O)cc1Cl)C(C)C. The number of amides is 4. The van der Waals surface area contributed by atoms with E-state index in [4.69, 9.17) is 21.4 Å². The summed E-state index contributed by atoms with van der Waals surface area (Å²) in [6, 6.07) is 0.809. The van der Waals surface area contributed by atoms with Crippen LogP contribution in [-0.4, -0.2) is 72.6 Å². The first-order valence-corrected chi connectivity index (χ1v) is 15.0. The molecule has 0 saturated carbocycles. The van der Waals surface area contributed by atoms with Crippen LogP contribution in [-0.2, 0) is 25.5 Å². The van der Waals surface area contributed by atoms with Crippen molar-refractivity contribution < 1.29 is 42.6 Å². The summed E-state index contributed by atoms with van der Waals surface area (Å²) >= 11 is 6.11. The molecule has 3 unspecified atom stereocenters. The van der Waals surface area contributed by atoms with E-state index in [0.717, 1.165) is 0 Å². The summed E-state index contributed by atoms with van der Waals surface area (Å²) < 4.78 is 31.9. The Bertz CT molecular complexity index is 1130. The van der Waals surface area contributed by atoms with E-state index in [9.17, 15) is 32.8 Å². The first-order chi connectivity index (χ1) is 20.5. The third kappa shape index (κ3) is 14.8. The minimum Gasteiger partial charge on any atom is -0.478 e. The number of nitrogens with one attached hydrogen (secondary N) is 4. The Hall–Kier alpha value is -3.48.